The fraction of sp³-hybridized carbons (Fsp3) is 0.571. The lowest BCUT2D eigenvalue weighted by Gasteiger charge is -2.27. The van der Waals surface area contributed by atoms with Gasteiger partial charge in [0, 0.05) is 17.7 Å². The van der Waals surface area contributed by atoms with Crippen molar-refractivity contribution in [2.75, 3.05) is 20.8 Å². The quantitative estimate of drug-likeness (QED) is 0.815. The largest absolute Gasteiger partial charge is 0.496 e. The standard InChI is InChI=1S/C14H22O4/c1-10-12(17-3)7-6-11(13(10)18-4)14(2,16)8-5-9-15/h6-7,15-16H,5,8-9H2,1-4H3. The third kappa shape index (κ3) is 2.94. The van der Waals surface area contributed by atoms with Gasteiger partial charge in [-0.05, 0) is 38.8 Å². The molecule has 0 spiro atoms. The van der Waals surface area contributed by atoms with Crippen molar-refractivity contribution in [3.05, 3.63) is 23.3 Å². The maximum atomic E-state index is 10.5. The highest BCUT2D eigenvalue weighted by Crippen LogP contribution is 2.39. The third-order valence-corrected chi connectivity index (χ3v) is 3.18. The van der Waals surface area contributed by atoms with Crippen molar-refractivity contribution in [2.45, 2.75) is 32.3 Å². The van der Waals surface area contributed by atoms with E-state index in [1.807, 2.05) is 19.1 Å². The first-order valence-corrected chi connectivity index (χ1v) is 6.03. The molecule has 4 heteroatoms. The molecule has 0 fully saturated rings. The van der Waals surface area contributed by atoms with E-state index in [9.17, 15) is 5.11 Å². The second-order valence-corrected chi connectivity index (χ2v) is 4.57. The monoisotopic (exact) mass is 254 g/mol. The lowest BCUT2D eigenvalue weighted by Crippen LogP contribution is -2.22. The van der Waals surface area contributed by atoms with Gasteiger partial charge in [0.15, 0.2) is 0 Å². The number of ether oxygens (including phenoxy) is 2. The fourth-order valence-corrected chi connectivity index (χ4v) is 2.14. The van der Waals surface area contributed by atoms with E-state index in [1.165, 1.54) is 0 Å². The molecule has 1 aromatic carbocycles. The van der Waals surface area contributed by atoms with Crippen molar-refractivity contribution < 1.29 is 19.7 Å². The van der Waals surface area contributed by atoms with Crippen LogP contribution in [0.5, 0.6) is 11.5 Å². The van der Waals surface area contributed by atoms with Gasteiger partial charge in [0.25, 0.3) is 0 Å². The summed E-state index contributed by atoms with van der Waals surface area (Å²) < 4.78 is 10.6. The number of rotatable bonds is 6. The van der Waals surface area contributed by atoms with E-state index < -0.39 is 5.60 Å². The summed E-state index contributed by atoms with van der Waals surface area (Å²) in [5.74, 6) is 1.37. The van der Waals surface area contributed by atoms with Crippen LogP contribution in [-0.2, 0) is 5.60 Å². The molecule has 1 unspecified atom stereocenters. The molecule has 102 valence electrons. The Bertz CT molecular complexity index is 399. The molecule has 2 N–H and O–H groups in total. The number of benzene rings is 1. The summed E-state index contributed by atoms with van der Waals surface area (Å²) in [5.41, 5.74) is 0.559. The van der Waals surface area contributed by atoms with Crippen LogP contribution in [0.1, 0.15) is 30.9 Å². The lowest BCUT2D eigenvalue weighted by atomic mass is 9.89. The fourth-order valence-electron chi connectivity index (χ4n) is 2.14. The van der Waals surface area contributed by atoms with Crippen molar-refractivity contribution in [2.24, 2.45) is 0 Å². The molecule has 0 saturated heterocycles. The summed E-state index contributed by atoms with van der Waals surface area (Å²) in [6, 6.07) is 3.63. The molecule has 4 nitrogen and oxygen atoms in total. The summed E-state index contributed by atoms with van der Waals surface area (Å²) in [7, 11) is 3.18. The Balaban J connectivity index is 3.19. The first-order valence-electron chi connectivity index (χ1n) is 6.03. The smallest absolute Gasteiger partial charge is 0.131 e. The molecular formula is C14H22O4. The van der Waals surface area contributed by atoms with Gasteiger partial charge in [0.2, 0.25) is 0 Å². The van der Waals surface area contributed by atoms with Gasteiger partial charge >= 0.3 is 0 Å². The van der Waals surface area contributed by atoms with Gasteiger partial charge in [0.05, 0.1) is 19.8 Å². The second-order valence-electron chi connectivity index (χ2n) is 4.57. The minimum atomic E-state index is -1.02. The Morgan fingerprint density at radius 1 is 1.22 bits per heavy atom. The molecular weight excluding hydrogens is 232 g/mol. The van der Waals surface area contributed by atoms with Crippen molar-refractivity contribution in [3.8, 4) is 11.5 Å². The molecule has 0 aliphatic rings. The van der Waals surface area contributed by atoms with Gasteiger partial charge in [-0.1, -0.05) is 0 Å². The number of hydrogen-bond donors (Lipinski definition) is 2. The van der Waals surface area contributed by atoms with Crippen LogP contribution in [0.3, 0.4) is 0 Å². The van der Waals surface area contributed by atoms with Crippen LogP contribution in [-0.4, -0.2) is 31.0 Å². The summed E-state index contributed by atoms with van der Waals surface area (Å²) in [5, 5.41) is 19.4. The maximum absolute atomic E-state index is 10.5. The Morgan fingerprint density at radius 3 is 2.39 bits per heavy atom. The molecule has 1 atom stereocenters. The van der Waals surface area contributed by atoms with Gasteiger partial charge in [-0.15, -0.1) is 0 Å². The highest BCUT2D eigenvalue weighted by molar-refractivity contribution is 5.51. The van der Waals surface area contributed by atoms with Gasteiger partial charge in [0.1, 0.15) is 11.5 Å². The Kier molecular flexibility index (Phi) is 4.99. The van der Waals surface area contributed by atoms with Crippen molar-refractivity contribution in [3.63, 3.8) is 0 Å². The van der Waals surface area contributed by atoms with E-state index in [4.69, 9.17) is 14.6 Å². The predicted molar refractivity (Wildman–Crippen MR) is 70.2 cm³/mol. The molecule has 18 heavy (non-hydrogen) atoms. The van der Waals surface area contributed by atoms with Gasteiger partial charge in [-0.3, -0.25) is 0 Å². The number of hydrogen-bond acceptors (Lipinski definition) is 4. The van der Waals surface area contributed by atoms with Crippen LogP contribution >= 0.6 is 0 Å². The first kappa shape index (κ1) is 14.8. The van der Waals surface area contributed by atoms with Crippen LogP contribution in [0, 0.1) is 6.92 Å². The Morgan fingerprint density at radius 2 is 1.89 bits per heavy atom. The van der Waals surface area contributed by atoms with Gasteiger partial charge in [-0.25, -0.2) is 0 Å². The molecule has 0 radical (unpaired) electrons. The van der Waals surface area contributed by atoms with E-state index in [1.54, 1.807) is 21.1 Å². The first-order chi connectivity index (χ1) is 8.47. The molecule has 0 amide bonds. The lowest BCUT2D eigenvalue weighted by molar-refractivity contribution is 0.0378. The van der Waals surface area contributed by atoms with Crippen molar-refractivity contribution >= 4 is 0 Å². The molecule has 0 bridgehead atoms. The van der Waals surface area contributed by atoms with Crippen LogP contribution in [0.2, 0.25) is 0 Å². The zero-order valence-electron chi connectivity index (χ0n) is 11.5. The topological polar surface area (TPSA) is 58.9 Å². The number of methoxy groups -OCH3 is 2. The van der Waals surface area contributed by atoms with Crippen molar-refractivity contribution in [1.29, 1.82) is 0 Å². The van der Waals surface area contributed by atoms with Gasteiger partial charge < -0.3 is 19.7 Å². The molecule has 0 saturated carbocycles. The van der Waals surface area contributed by atoms with Crippen LogP contribution in [0.4, 0.5) is 0 Å². The van der Waals surface area contributed by atoms with Crippen LogP contribution in [0.15, 0.2) is 12.1 Å². The molecule has 0 heterocycles. The summed E-state index contributed by atoms with van der Waals surface area (Å²) in [6.07, 6.45) is 1.02. The van der Waals surface area contributed by atoms with Crippen molar-refractivity contribution in [1.82, 2.24) is 0 Å². The number of aliphatic hydroxyl groups is 2. The van der Waals surface area contributed by atoms with Gasteiger partial charge in [-0.2, -0.15) is 0 Å². The zero-order valence-corrected chi connectivity index (χ0v) is 11.5. The molecule has 1 aromatic rings. The normalized spacial score (nSPS) is 14.1. The second kappa shape index (κ2) is 6.07. The van der Waals surface area contributed by atoms with E-state index in [-0.39, 0.29) is 6.61 Å². The van der Waals surface area contributed by atoms with Crippen LogP contribution < -0.4 is 9.47 Å². The highest BCUT2D eigenvalue weighted by Gasteiger charge is 2.28. The van der Waals surface area contributed by atoms with E-state index >= 15 is 0 Å². The molecule has 0 aliphatic carbocycles. The van der Waals surface area contributed by atoms with E-state index in [0.717, 1.165) is 16.9 Å². The average molecular weight is 254 g/mol. The Labute approximate surface area is 108 Å². The Hall–Kier alpha value is -1.26. The predicted octanol–water partition coefficient (Wildman–Crippen LogP) is 1.99. The highest BCUT2D eigenvalue weighted by atomic mass is 16.5. The third-order valence-electron chi connectivity index (χ3n) is 3.18. The van der Waals surface area contributed by atoms with Crippen LogP contribution in [0.25, 0.3) is 0 Å². The summed E-state index contributed by atoms with van der Waals surface area (Å²) in [6.45, 7) is 3.68. The summed E-state index contributed by atoms with van der Waals surface area (Å²) >= 11 is 0. The molecule has 1 rings (SSSR count). The SMILES string of the molecule is COc1ccc(C(C)(O)CCCO)c(OC)c1C. The van der Waals surface area contributed by atoms with E-state index in [2.05, 4.69) is 0 Å². The minimum absolute atomic E-state index is 0.0631. The maximum Gasteiger partial charge on any atom is 0.131 e. The minimum Gasteiger partial charge on any atom is -0.496 e. The zero-order chi connectivity index (χ0) is 13.8. The summed E-state index contributed by atoms with van der Waals surface area (Å²) in [4.78, 5) is 0. The molecule has 0 aliphatic heterocycles. The molecule has 0 aromatic heterocycles. The number of aliphatic hydroxyl groups excluding tert-OH is 1. The average Bonchev–Trinajstić information content (AvgIpc) is 2.36. The van der Waals surface area contributed by atoms with E-state index in [0.29, 0.717) is 18.6 Å².